The highest BCUT2D eigenvalue weighted by molar-refractivity contribution is 5.03. The molecule has 0 spiro atoms. The van der Waals surface area contributed by atoms with Crippen molar-refractivity contribution in [1.29, 1.82) is 0 Å². The van der Waals surface area contributed by atoms with Gasteiger partial charge in [-0.15, -0.1) is 0 Å². The van der Waals surface area contributed by atoms with Gasteiger partial charge in [-0.2, -0.15) is 5.10 Å². The summed E-state index contributed by atoms with van der Waals surface area (Å²) in [5, 5.41) is 7.86. The smallest absolute Gasteiger partial charge is 0.0534 e. The summed E-state index contributed by atoms with van der Waals surface area (Å²) in [6, 6.07) is 0. The lowest BCUT2D eigenvalue weighted by Crippen LogP contribution is -2.14. The van der Waals surface area contributed by atoms with Gasteiger partial charge < -0.3 is 5.32 Å². The average molecular weight is 251 g/mol. The van der Waals surface area contributed by atoms with E-state index in [1.165, 1.54) is 37.7 Å². The Bertz CT molecular complexity index is 304. The molecule has 0 aliphatic carbocycles. The number of hydrogen-bond donors (Lipinski definition) is 1. The maximum absolute atomic E-state index is 4.37. The molecule has 3 heteroatoms. The minimum Gasteiger partial charge on any atom is -0.313 e. The number of nitrogens with one attached hydrogen (secondary N) is 1. The number of rotatable bonds is 10. The van der Waals surface area contributed by atoms with Crippen LogP contribution in [0.5, 0.6) is 0 Å². The molecular weight excluding hydrogens is 222 g/mol. The summed E-state index contributed by atoms with van der Waals surface area (Å²) < 4.78 is 2.04. The monoisotopic (exact) mass is 251 g/mol. The Hall–Kier alpha value is -0.830. The lowest BCUT2D eigenvalue weighted by Gasteiger charge is -2.04. The minimum atomic E-state index is 0.657. The van der Waals surface area contributed by atoms with Crippen LogP contribution in [0.1, 0.15) is 58.4 Å². The largest absolute Gasteiger partial charge is 0.313 e. The third kappa shape index (κ3) is 6.80. The Labute approximate surface area is 112 Å². The van der Waals surface area contributed by atoms with Crippen LogP contribution in [0.15, 0.2) is 12.4 Å². The van der Waals surface area contributed by atoms with Crippen molar-refractivity contribution in [2.24, 2.45) is 5.92 Å². The first-order chi connectivity index (χ1) is 8.72. The van der Waals surface area contributed by atoms with Crippen molar-refractivity contribution in [3.8, 4) is 0 Å². The van der Waals surface area contributed by atoms with Gasteiger partial charge in [0.05, 0.1) is 6.20 Å². The Morgan fingerprint density at radius 2 is 2.00 bits per heavy atom. The molecule has 0 fully saturated rings. The quantitative estimate of drug-likeness (QED) is 0.644. The fourth-order valence-electron chi connectivity index (χ4n) is 2.06. The summed E-state index contributed by atoms with van der Waals surface area (Å²) in [4.78, 5) is 0. The maximum atomic E-state index is 4.37. The Kier molecular flexibility index (Phi) is 7.74. The van der Waals surface area contributed by atoms with Crippen LogP contribution in [0.25, 0.3) is 0 Å². The van der Waals surface area contributed by atoms with Gasteiger partial charge in [-0.1, -0.05) is 46.5 Å². The van der Waals surface area contributed by atoms with Crippen molar-refractivity contribution in [3.63, 3.8) is 0 Å². The van der Waals surface area contributed by atoms with Crippen molar-refractivity contribution < 1.29 is 0 Å². The van der Waals surface area contributed by atoms with E-state index in [-0.39, 0.29) is 0 Å². The van der Waals surface area contributed by atoms with Gasteiger partial charge in [-0.25, -0.2) is 0 Å². The second kappa shape index (κ2) is 9.15. The predicted octanol–water partition coefficient (Wildman–Crippen LogP) is 3.60. The molecule has 0 radical (unpaired) electrons. The molecule has 1 heterocycles. The minimum absolute atomic E-state index is 0.657. The zero-order valence-electron chi connectivity index (χ0n) is 12.3. The molecule has 0 atom stereocenters. The van der Waals surface area contributed by atoms with E-state index in [1.54, 1.807) is 0 Å². The number of hydrogen-bond acceptors (Lipinski definition) is 2. The van der Waals surface area contributed by atoms with Crippen LogP contribution in [0.4, 0.5) is 0 Å². The van der Waals surface area contributed by atoms with Gasteiger partial charge >= 0.3 is 0 Å². The highest BCUT2D eigenvalue weighted by atomic mass is 15.3. The SMILES string of the molecule is CCCCCCCNCc1cnn(CC(C)C)c1. The maximum Gasteiger partial charge on any atom is 0.0534 e. The van der Waals surface area contributed by atoms with E-state index >= 15 is 0 Å². The van der Waals surface area contributed by atoms with Crippen molar-refractivity contribution in [3.05, 3.63) is 18.0 Å². The summed E-state index contributed by atoms with van der Waals surface area (Å²) in [5.74, 6) is 0.657. The molecule has 0 bridgehead atoms. The van der Waals surface area contributed by atoms with Crippen molar-refractivity contribution >= 4 is 0 Å². The lowest BCUT2D eigenvalue weighted by atomic mass is 10.1. The molecule has 0 unspecified atom stereocenters. The number of aromatic nitrogens is 2. The van der Waals surface area contributed by atoms with E-state index in [4.69, 9.17) is 0 Å². The van der Waals surface area contributed by atoms with Gasteiger partial charge in [-0.05, 0) is 18.9 Å². The highest BCUT2D eigenvalue weighted by Gasteiger charge is 2.00. The number of nitrogens with zero attached hydrogens (tertiary/aromatic N) is 2. The van der Waals surface area contributed by atoms with Crippen LogP contribution in [0.3, 0.4) is 0 Å². The molecule has 0 aliphatic heterocycles. The predicted molar refractivity (Wildman–Crippen MR) is 77.5 cm³/mol. The van der Waals surface area contributed by atoms with Gasteiger partial charge in [-0.3, -0.25) is 4.68 Å². The average Bonchev–Trinajstić information content (AvgIpc) is 2.75. The molecule has 0 aliphatic rings. The Balaban J connectivity index is 2.06. The molecule has 1 N–H and O–H groups in total. The van der Waals surface area contributed by atoms with Crippen LogP contribution in [-0.4, -0.2) is 16.3 Å². The molecule has 1 aromatic rings. The van der Waals surface area contributed by atoms with Crippen LogP contribution in [0, 0.1) is 5.92 Å². The lowest BCUT2D eigenvalue weighted by molar-refractivity contribution is 0.482. The van der Waals surface area contributed by atoms with Crippen LogP contribution in [-0.2, 0) is 13.1 Å². The van der Waals surface area contributed by atoms with Crippen molar-refractivity contribution in [1.82, 2.24) is 15.1 Å². The van der Waals surface area contributed by atoms with E-state index in [2.05, 4.69) is 37.4 Å². The second-order valence-electron chi connectivity index (χ2n) is 5.56. The van der Waals surface area contributed by atoms with Crippen molar-refractivity contribution in [2.45, 2.75) is 66.0 Å². The molecule has 0 aromatic carbocycles. The van der Waals surface area contributed by atoms with E-state index < -0.39 is 0 Å². The first-order valence-corrected chi connectivity index (χ1v) is 7.44. The van der Waals surface area contributed by atoms with Gasteiger partial charge in [0.2, 0.25) is 0 Å². The number of unbranched alkanes of at least 4 members (excludes halogenated alkanes) is 4. The van der Waals surface area contributed by atoms with Crippen LogP contribution in [0.2, 0.25) is 0 Å². The second-order valence-corrected chi connectivity index (χ2v) is 5.56. The summed E-state index contributed by atoms with van der Waals surface area (Å²) >= 11 is 0. The zero-order valence-corrected chi connectivity index (χ0v) is 12.3. The van der Waals surface area contributed by atoms with Gasteiger partial charge in [0.15, 0.2) is 0 Å². The van der Waals surface area contributed by atoms with Crippen LogP contribution < -0.4 is 5.32 Å². The molecule has 1 aromatic heterocycles. The molecule has 18 heavy (non-hydrogen) atoms. The fraction of sp³-hybridized carbons (Fsp3) is 0.800. The van der Waals surface area contributed by atoms with Gasteiger partial charge in [0.1, 0.15) is 0 Å². The first kappa shape index (κ1) is 15.2. The van der Waals surface area contributed by atoms with E-state index in [0.29, 0.717) is 5.92 Å². The van der Waals surface area contributed by atoms with E-state index in [1.807, 2.05) is 10.9 Å². The topological polar surface area (TPSA) is 29.9 Å². The summed E-state index contributed by atoms with van der Waals surface area (Å²) in [5.41, 5.74) is 1.30. The Morgan fingerprint density at radius 1 is 1.22 bits per heavy atom. The highest BCUT2D eigenvalue weighted by Crippen LogP contribution is 2.03. The third-order valence-electron chi connectivity index (χ3n) is 3.03. The summed E-state index contributed by atoms with van der Waals surface area (Å²) in [6.07, 6.45) is 10.9. The van der Waals surface area contributed by atoms with Gasteiger partial charge in [0, 0.05) is 24.8 Å². The van der Waals surface area contributed by atoms with Crippen molar-refractivity contribution in [2.75, 3.05) is 6.54 Å². The fourth-order valence-corrected chi connectivity index (χ4v) is 2.06. The van der Waals surface area contributed by atoms with E-state index in [0.717, 1.165) is 19.6 Å². The molecule has 0 saturated carbocycles. The molecule has 104 valence electrons. The standard InChI is InChI=1S/C15H29N3/c1-4-5-6-7-8-9-16-10-15-11-17-18(13-15)12-14(2)3/h11,13-14,16H,4-10,12H2,1-3H3. The molecule has 3 nitrogen and oxygen atoms in total. The summed E-state index contributed by atoms with van der Waals surface area (Å²) in [6.45, 7) is 9.78. The molecule has 1 rings (SSSR count). The Morgan fingerprint density at radius 3 is 2.72 bits per heavy atom. The molecular formula is C15H29N3. The third-order valence-corrected chi connectivity index (χ3v) is 3.03. The zero-order chi connectivity index (χ0) is 13.2. The normalized spacial score (nSPS) is 11.3. The molecule has 0 amide bonds. The molecule has 0 saturated heterocycles. The van der Waals surface area contributed by atoms with E-state index in [9.17, 15) is 0 Å². The van der Waals surface area contributed by atoms with Gasteiger partial charge in [0.25, 0.3) is 0 Å². The summed E-state index contributed by atoms with van der Waals surface area (Å²) in [7, 11) is 0. The first-order valence-electron chi connectivity index (χ1n) is 7.44. The van der Waals surface area contributed by atoms with Crippen LogP contribution >= 0.6 is 0 Å².